The largest absolute Gasteiger partial charge is 0.475 e. The molecule has 0 fully saturated rings. The average molecular weight is 1140 g/mol. The van der Waals surface area contributed by atoms with E-state index in [0.717, 1.165) is 21.2 Å². The quantitative estimate of drug-likeness (QED) is 0.108. The first kappa shape index (κ1) is 58.1. The van der Waals surface area contributed by atoms with Crippen molar-refractivity contribution in [1.82, 2.24) is 68.2 Å². The van der Waals surface area contributed by atoms with Crippen LogP contribution < -0.4 is 32.1 Å². The number of hydrogen-bond donors (Lipinski definition) is 2. The van der Waals surface area contributed by atoms with Crippen molar-refractivity contribution in [1.29, 1.82) is 0 Å². The third kappa shape index (κ3) is 11.0. The molecule has 10 aromatic heterocycles. The number of hydrogen-bond acceptors (Lipinski definition) is 16. The fourth-order valence-corrected chi connectivity index (χ4v) is 9.53. The van der Waals surface area contributed by atoms with E-state index >= 15 is 0 Å². The molecule has 0 unspecified atom stereocenters. The van der Waals surface area contributed by atoms with Crippen LogP contribution in [0.15, 0.2) is 144 Å². The van der Waals surface area contributed by atoms with Crippen LogP contribution >= 0.6 is 0 Å². The standard InChI is InChI=1S/2C29H24F2N8O2.2CH4/c2*1-15(2)41-22-10-7-18(12-33-22)26-24-27(32)34-14-35-28(24)39(37-26)16(3)25-23(17-5-4-6-19(30)11-17)29(40)38-13-20(31)8-9-21(38)36-25;;/h2*4-16H,1-3H3,(H2,32,34,35);2*1H4/t2*16-;;/m10../s1. The molecule has 0 aliphatic rings. The molecule has 4 N–H and O–H groups in total. The zero-order chi connectivity index (χ0) is 57.7. The zero-order valence-electron chi connectivity index (χ0n) is 44.6. The molecule has 0 saturated carbocycles. The van der Waals surface area contributed by atoms with Crippen LogP contribution in [0, 0.1) is 23.3 Å². The third-order valence-electron chi connectivity index (χ3n) is 13.1. The number of halogens is 4. The molecule has 2 aromatic carbocycles. The smallest absolute Gasteiger partial charge is 0.266 e. The zero-order valence-corrected chi connectivity index (χ0v) is 44.6. The Morgan fingerprint density at radius 3 is 1.24 bits per heavy atom. The second-order valence-corrected chi connectivity index (χ2v) is 19.5. The number of nitrogens with zero attached hydrogens (tertiary/aromatic N) is 14. The van der Waals surface area contributed by atoms with Crippen LogP contribution in [0.25, 0.3) is 78.1 Å². The van der Waals surface area contributed by atoms with E-state index in [9.17, 15) is 27.2 Å². The van der Waals surface area contributed by atoms with Crippen molar-refractivity contribution in [2.75, 3.05) is 11.5 Å². The Morgan fingerprint density at radius 2 is 0.881 bits per heavy atom. The Kier molecular flexibility index (Phi) is 16.3. The van der Waals surface area contributed by atoms with Crippen molar-refractivity contribution in [2.45, 2.75) is 80.7 Å². The lowest BCUT2D eigenvalue weighted by molar-refractivity contribution is 0.232. The van der Waals surface area contributed by atoms with Crippen LogP contribution in [0.3, 0.4) is 0 Å². The van der Waals surface area contributed by atoms with Gasteiger partial charge in [-0.15, -0.1) is 0 Å². The second-order valence-electron chi connectivity index (χ2n) is 19.5. The molecular weight excluding hydrogens is 1080 g/mol. The SMILES string of the molecule is C.C.CC(C)Oc1ccc(-c2nn([C@@H](C)c3nc4ccc(F)cn4c(=O)c3-c3cccc(F)c3)c3ncnc(N)c23)cn1.CC(C)Oc1ccc(-c2nn([C@H](C)c3nc4ccc(F)cn4c(=O)c3-c3cccc(F)c3)c3ncnc(N)c23)cn1. The van der Waals surface area contributed by atoms with Gasteiger partial charge in [0.05, 0.1) is 57.6 Å². The van der Waals surface area contributed by atoms with Gasteiger partial charge in [0.15, 0.2) is 11.3 Å². The van der Waals surface area contributed by atoms with Gasteiger partial charge < -0.3 is 20.9 Å². The van der Waals surface area contributed by atoms with Gasteiger partial charge in [0, 0.05) is 48.0 Å². The summed E-state index contributed by atoms with van der Waals surface area (Å²) in [4.78, 5) is 62.9. The van der Waals surface area contributed by atoms with Gasteiger partial charge in [0.2, 0.25) is 11.8 Å². The second kappa shape index (κ2) is 23.5. The van der Waals surface area contributed by atoms with Gasteiger partial charge >= 0.3 is 0 Å². The Bertz CT molecular complexity index is 4260. The van der Waals surface area contributed by atoms with Gasteiger partial charge in [-0.05, 0) is 113 Å². The summed E-state index contributed by atoms with van der Waals surface area (Å²) in [6, 6.07) is 22.1. The number of aromatic nitrogens is 14. The third-order valence-corrected chi connectivity index (χ3v) is 13.1. The monoisotopic (exact) mass is 1140 g/mol. The minimum Gasteiger partial charge on any atom is -0.475 e. The Labute approximate surface area is 477 Å². The van der Waals surface area contributed by atoms with Crippen molar-refractivity contribution in [3.05, 3.63) is 190 Å². The number of pyridine rings is 4. The molecular formula is C60H56F4N16O4. The Morgan fingerprint density at radius 1 is 0.476 bits per heavy atom. The topological polar surface area (TPSA) is 252 Å². The predicted octanol–water partition coefficient (Wildman–Crippen LogP) is 10.9. The first-order chi connectivity index (χ1) is 39.4. The molecule has 84 heavy (non-hydrogen) atoms. The summed E-state index contributed by atoms with van der Waals surface area (Å²) in [5.74, 6) is -0.952. The van der Waals surface area contributed by atoms with E-state index in [1.807, 2.05) is 27.7 Å². The van der Waals surface area contributed by atoms with E-state index in [1.165, 1.54) is 73.3 Å². The fourth-order valence-electron chi connectivity index (χ4n) is 9.53. The van der Waals surface area contributed by atoms with Crippen molar-refractivity contribution < 1.29 is 27.0 Å². The molecule has 0 saturated heterocycles. The maximum atomic E-state index is 14.3. The number of benzene rings is 2. The summed E-state index contributed by atoms with van der Waals surface area (Å²) < 4.78 is 73.5. The number of nitrogens with two attached hydrogens (primary N) is 2. The highest BCUT2D eigenvalue weighted by atomic mass is 19.1. The van der Waals surface area contributed by atoms with Gasteiger partial charge in [-0.2, -0.15) is 10.2 Å². The van der Waals surface area contributed by atoms with Crippen molar-refractivity contribution in [2.24, 2.45) is 0 Å². The highest BCUT2D eigenvalue weighted by molar-refractivity contribution is 5.99. The molecule has 428 valence electrons. The van der Waals surface area contributed by atoms with E-state index in [1.54, 1.807) is 72.0 Å². The fraction of sp³-hybridized carbons (Fsp3) is 0.200. The molecule has 0 bridgehead atoms. The minimum absolute atomic E-state index is 0. The van der Waals surface area contributed by atoms with Gasteiger partial charge in [-0.25, -0.2) is 66.8 Å². The number of rotatable bonds is 12. The average Bonchev–Trinajstić information content (AvgIpc) is 1.65. The van der Waals surface area contributed by atoms with Crippen LogP contribution in [0.4, 0.5) is 29.2 Å². The van der Waals surface area contributed by atoms with Gasteiger partial charge in [-0.1, -0.05) is 39.1 Å². The number of nitrogen functional groups attached to an aromatic ring is 2. The van der Waals surface area contributed by atoms with E-state index in [2.05, 4.69) is 29.9 Å². The van der Waals surface area contributed by atoms with Gasteiger partial charge in [0.25, 0.3) is 11.1 Å². The van der Waals surface area contributed by atoms with Crippen LogP contribution in [-0.4, -0.2) is 80.4 Å². The number of anilines is 2. The maximum Gasteiger partial charge on any atom is 0.266 e. The molecule has 0 radical (unpaired) electrons. The highest BCUT2D eigenvalue weighted by Gasteiger charge is 2.29. The van der Waals surface area contributed by atoms with Crippen LogP contribution in [0.2, 0.25) is 0 Å². The lowest BCUT2D eigenvalue weighted by atomic mass is 10.0. The lowest BCUT2D eigenvalue weighted by Gasteiger charge is -2.18. The van der Waals surface area contributed by atoms with Crippen LogP contribution in [-0.2, 0) is 0 Å². The summed E-state index contributed by atoms with van der Waals surface area (Å²) in [5, 5.41) is 10.7. The van der Waals surface area contributed by atoms with Crippen molar-refractivity contribution >= 4 is 45.0 Å². The minimum atomic E-state index is -0.696. The summed E-state index contributed by atoms with van der Waals surface area (Å²) >= 11 is 0. The van der Waals surface area contributed by atoms with E-state index in [0.29, 0.717) is 78.9 Å². The summed E-state index contributed by atoms with van der Waals surface area (Å²) in [6.07, 6.45) is 7.91. The summed E-state index contributed by atoms with van der Waals surface area (Å²) in [6.45, 7) is 11.2. The molecule has 0 aliphatic carbocycles. The van der Waals surface area contributed by atoms with Crippen molar-refractivity contribution in [3.8, 4) is 56.5 Å². The molecule has 0 aliphatic heterocycles. The normalized spacial score (nSPS) is 12.0. The number of fused-ring (bicyclic) bond motifs is 4. The van der Waals surface area contributed by atoms with Crippen LogP contribution in [0.5, 0.6) is 11.8 Å². The molecule has 12 rings (SSSR count). The lowest BCUT2D eigenvalue weighted by Crippen LogP contribution is -2.23. The molecule has 12 aromatic rings. The first-order valence-electron chi connectivity index (χ1n) is 25.6. The van der Waals surface area contributed by atoms with Gasteiger partial charge in [-0.3, -0.25) is 18.4 Å². The Balaban J connectivity index is 0.000000197. The molecule has 24 heteroatoms. The molecule has 10 heterocycles. The van der Waals surface area contributed by atoms with Crippen LogP contribution in [0.1, 0.15) is 79.9 Å². The molecule has 0 amide bonds. The predicted molar refractivity (Wildman–Crippen MR) is 312 cm³/mol. The highest BCUT2D eigenvalue weighted by Crippen LogP contribution is 2.37. The first-order valence-corrected chi connectivity index (χ1v) is 25.6. The van der Waals surface area contributed by atoms with Crippen molar-refractivity contribution in [3.63, 3.8) is 0 Å². The number of ether oxygens (including phenoxy) is 2. The molecule has 20 nitrogen and oxygen atoms in total. The molecule has 2 atom stereocenters. The van der Waals surface area contributed by atoms with E-state index < -0.39 is 46.5 Å². The maximum absolute atomic E-state index is 14.3. The molecule has 0 spiro atoms. The summed E-state index contributed by atoms with van der Waals surface area (Å²) in [5.41, 5.74) is 16.3. The van der Waals surface area contributed by atoms with E-state index in [4.69, 9.17) is 41.1 Å². The summed E-state index contributed by atoms with van der Waals surface area (Å²) in [7, 11) is 0. The van der Waals surface area contributed by atoms with E-state index in [-0.39, 0.29) is 61.1 Å². The Hall–Kier alpha value is -10.5. The van der Waals surface area contributed by atoms with Gasteiger partial charge in [0.1, 0.15) is 70.2 Å².